The Morgan fingerprint density at radius 2 is 2.17 bits per heavy atom. The van der Waals surface area contributed by atoms with E-state index in [9.17, 15) is 4.79 Å². The minimum Gasteiger partial charge on any atom is -0.310 e. The Morgan fingerprint density at radius 1 is 1.38 bits per heavy atom. The van der Waals surface area contributed by atoms with E-state index in [4.69, 9.17) is 0 Å². The van der Waals surface area contributed by atoms with Crippen LogP contribution in [0, 0.1) is 12.8 Å². The van der Waals surface area contributed by atoms with E-state index in [1.807, 2.05) is 37.9 Å². The average molecular weight is 344 g/mol. The number of nitrogens with one attached hydrogen (secondary N) is 1. The molecule has 1 aromatic heterocycles. The van der Waals surface area contributed by atoms with Crippen LogP contribution in [0.5, 0.6) is 0 Å². The van der Waals surface area contributed by atoms with E-state index in [-0.39, 0.29) is 5.91 Å². The summed E-state index contributed by atoms with van der Waals surface area (Å²) in [5.41, 5.74) is 0.909. The first-order valence-electron chi connectivity index (χ1n) is 8.31. The molecule has 1 aliphatic heterocycles. The van der Waals surface area contributed by atoms with E-state index in [1.165, 1.54) is 4.90 Å². The minimum atomic E-state index is 0.0364. The number of benzene rings is 1. The van der Waals surface area contributed by atoms with Crippen molar-refractivity contribution in [1.82, 2.24) is 14.7 Å². The Labute approximate surface area is 147 Å². The first kappa shape index (κ1) is 17.0. The van der Waals surface area contributed by atoms with Gasteiger partial charge in [-0.15, -0.1) is 11.8 Å². The van der Waals surface area contributed by atoms with Crippen molar-refractivity contribution in [2.45, 2.75) is 18.2 Å². The molecule has 1 atom stereocenters. The second-order valence-electron chi connectivity index (χ2n) is 6.36. The fourth-order valence-electron chi connectivity index (χ4n) is 3.04. The Balaban J connectivity index is 1.42. The Morgan fingerprint density at radius 3 is 2.88 bits per heavy atom. The molecule has 24 heavy (non-hydrogen) atoms. The number of anilines is 1. The quantitative estimate of drug-likeness (QED) is 0.819. The number of thioether (sulfide) groups is 1. The van der Waals surface area contributed by atoms with Crippen LogP contribution in [0.3, 0.4) is 0 Å². The first-order chi connectivity index (χ1) is 11.6. The molecule has 1 amide bonds. The summed E-state index contributed by atoms with van der Waals surface area (Å²) >= 11 is 1.91. The van der Waals surface area contributed by atoms with Crippen molar-refractivity contribution >= 4 is 23.5 Å². The number of likely N-dealkylation sites (tertiary alicyclic amines) is 1. The summed E-state index contributed by atoms with van der Waals surface area (Å²) in [5, 5.41) is 7.19. The molecular weight excluding hydrogens is 320 g/mol. The number of carbonyl (C=O) groups is 1. The summed E-state index contributed by atoms with van der Waals surface area (Å²) in [5.74, 6) is 2.56. The zero-order valence-electron chi connectivity index (χ0n) is 14.2. The number of rotatable bonds is 6. The lowest BCUT2D eigenvalue weighted by Crippen LogP contribution is -2.32. The van der Waals surface area contributed by atoms with Gasteiger partial charge in [0.1, 0.15) is 5.82 Å². The minimum absolute atomic E-state index is 0.0364. The fourth-order valence-corrected chi connectivity index (χ4v) is 4.09. The van der Waals surface area contributed by atoms with Crippen molar-refractivity contribution in [2.24, 2.45) is 13.0 Å². The average Bonchev–Trinajstić information content (AvgIpc) is 3.12. The zero-order valence-corrected chi connectivity index (χ0v) is 15.1. The summed E-state index contributed by atoms with van der Waals surface area (Å²) in [4.78, 5) is 15.8. The Bertz CT molecular complexity index is 686. The lowest BCUT2D eigenvalue weighted by atomic mass is 10.2. The van der Waals surface area contributed by atoms with Gasteiger partial charge >= 0.3 is 0 Å². The lowest BCUT2D eigenvalue weighted by Gasteiger charge is -2.15. The van der Waals surface area contributed by atoms with Crippen LogP contribution < -0.4 is 5.32 Å². The molecule has 6 heteroatoms. The van der Waals surface area contributed by atoms with Gasteiger partial charge in [-0.3, -0.25) is 14.4 Å². The lowest BCUT2D eigenvalue weighted by molar-refractivity contribution is -0.117. The van der Waals surface area contributed by atoms with E-state index in [2.05, 4.69) is 39.6 Å². The molecule has 2 aromatic rings. The van der Waals surface area contributed by atoms with Crippen LogP contribution in [0.1, 0.15) is 12.1 Å². The molecule has 0 radical (unpaired) electrons. The molecule has 5 nitrogen and oxygen atoms in total. The molecule has 0 saturated carbocycles. The summed E-state index contributed by atoms with van der Waals surface area (Å²) in [6.45, 7) is 4.37. The molecule has 1 unspecified atom stereocenters. The summed E-state index contributed by atoms with van der Waals surface area (Å²) < 4.78 is 1.70. The normalized spacial score (nSPS) is 18.0. The van der Waals surface area contributed by atoms with E-state index in [0.29, 0.717) is 12.5 Å². The number of hydrogen-bond acceptors (Lipinski definition) is 4. The van der Waals surface area contributed by atoms with Gasteiger partial charge in [-0.05, 0) is 37.9 Å². The van der Waals surface area contributed by atoms with E-state index in [0.717, 1.165) is 36.8 Å². The number of hydrogen-bond donors (Lipinski definition) is 1. The van der Waals surface area contributed by atoms with Crippen molar-refractivity contribution in [3.63, 3.8) is 0 Å². The molecular formula is C18H24N4OS. The summed E-state index contributed by atoms with van der Waals surface area (Å²) in [6.07, 6.45) is 1.16. The maximum Gasteiger partial charge on any atom is 0.239 e. The van der Waals surface area contributed by atoms with Crippen LogP contribution in [0.4, 0.5) is 5.82 Å². The van der Waals surface area contributed by atoms with Gasteiger partial charge in [-0.25, -0.2) is 0 Å². The second kappa shape index (κ2) is 7.85. The van der Waals surface area contributed by atoms with E-state index < -0.39 is 0 Å². The van der Waals surface area contributed by atoms with Gasteiger partial charge in [0, 0.05) is 30.3 Å². The van der Waals surface area contributed by atoms with Gasteiger partial charge in [0.25, 0.3) is 0 Å². The topological polar surface area (TPSA) is 50.2 Å². The highest BCUT2D eigenvalue weighted by Crippen LogP contribution is 2.25. The monoisotopic (exact) mass is 344 g/mol. The maximum absolute atomic E-state index is 12.2. The van der Waals surface area contributed by atoms with Crippen LogP contribution in [-0.4, -0.2) is 46.0 Å². The molecule has 1 aliphatic rings. The van der Waals surface area contributed by atoms with E-state index in [1.54, 1.807) is 4.68 Å². The molecule has 1 fully saturated rings. The molecule has 128 valence electrons. The molecule has 3 rings (SSSR count). The molecule has 0 spiro atoms. The largest absolute Gasteiger partial charge is 0.310 e. The molecule has 1 aromatic carbocycles. The van der Waals surface area contributed by atoms with Crippen molar-refractivity contribution in [1.29, 1.82) is 0 Å². The first-order valence-corrected chi connectivity index (χ1v) is 9.29. The Hall–Kier alpha value is -1.79. The van der Waals surface area contributed by atoms with Crippen LogP contribution in [0.2, 0.25) is 0 Å². The molecule has 2 heterocycles. The van der Waals surface area contributed by atoms with Crippen molar-refractivity contribution in [3.8, 4) is 0 Å². The van der Waals surface area contributed by atoms with Crippen molar-refractivity contribution in [3.05, 3.63) is 42.1 Å². The van der Waals surface area contributed by atoms with Gasteiger partial charge in [-0.1, -0.05) is 18.2 Å². The summed E-state index contributed by atoms with van der Waals surface area (Å²) in [7, 11) is 1.84. The van der Waals surface area contributed by atoms with Gasteiger partial charge in [-0.2, -0.15) is 5.10 Å². The van der Waals surface area contributed by atoms with Crippen molar-refractivity contribution in [2.75, 3.05) is 30.7 Å². The number of carbonyl (C=O) groups excluding carboxylic acids is 1. The molecule has 1 saturated heterocycles. The smallest absolute Gasteiger partial charge is 0.239 e. The highest BCUT2D eigenvalue weighted by Gasteiger charge is 2.24. The van der Waals surface area contributed by atoms with E-state index >= 15 is 0 Å². The van der Waals surface area contributed by atoms with Crippen molar-refractivity contribution < 1.29 is 4.79 Å². The summed E-state index contributed by atoms with van der Waals surface area (Å²) in [6, 6.07) is 12.4. The molecule has 0 aliphatic carbocycles. The zero-order chi connectivity index (χ0) is 16.9. The van der Waals surface area contributed by atoms with Gasteiger partial charge in [0.05, 0.1) is 12.2 Å². The Kier molecular flexibility index (Phi) is 5.58. The van der Waals surface area contributed by atoms with Crippen LogP contribution in [-0.2, 0) is 11.8 Å². The van der Waals surface area contributed by atoms with Gasteiger partial charge in [0.15, 0.2) is 0 Å². The third-order valence-corrected chi connectivity index (χ3v) is 5.48. The van der Waals surface area contributed by atoms with Gasteiger partial charge in [0.2, 0.25) is 5.91 Å². The second-order valence-corrected chi connectivity index (χ2v) is 7.45. The highest BCUT2D eigenvalue weighted by molar-refractivity contribution is 7.99. The standard InChI is InChI=1S/C18H24N4OS/c1-14-10-17(21(2)20-14)19-18(23)12-22-9-8-15(11-22)13-24-16-6-4-3-5-7-16/h3-7,10,15H,8-9,11-13H2,1-2H3,(H,19,23). The molecule has 1 N–H and O–H groups in total. The predicted molar refractivity (Wildman–Crippen MR) is 98.3 cm³/mol. The van der Waals surface area contributed by atoms with Gasteiger partial charge < -0.3 is 5.32 Å². The van der Waals surface area contributed by atoms with Crippen LogP contribution in [0.25, 0.3) is 0 Å². The predicted octanol–water partition coefficient (Wildman–Crippen LogP) is 2.78. The molecule has 0 bridgehead atoms. The fraction of sp³-hybridized carbons (Fsp3) is 0.444. The highest BCUT2D eigenvalue weighted by atomic mass is 32.2. The van der Waals surface area contributed by atoms with Crippen LogP contribution >= 0.6 is 11.8 Å². The number of aryl methyl sites for hydroxylation is 2. The number of aromatic nitrogens is 2. The third kappa shape index (κ3) is 4.61. The number of nitrogens with zero attached hydrogens (tertiary/aromatic N) is 3. The SMILES string of the molecule is Cc1cc(NC(=O)CN2CCC(CSc3ccccc3)C2)n(C)n1. The number of amides is 1. The maximum atomic E-state index is 12.2. The van der Waals surface area contributed by atoms with Crippen LogP contribution in [0.15, 0.2) is 41.3 Å². The third-order valence-electron chi connectivity index (χ3n) is 4.24.